The third-order valence-electron chi connectivity index (χ3n) is 4.73. The van der Waals surface area contributed by atoms with Gasteiger partial charge in [-0.15, -0.1) is 0 Å². The molecule has 0 aromatic carbocycles. The minimum Gasteiger partial charge on any atom is -0.385 e. The van der Waals surface area contributed by atoms with Crippen molar-refractivity contribution in [1.29, 1.82) is 0 Å². The maximum Gasteiger partial charge on any atom is 0.0468 e. The molecule has 1 N–H and O–H groups in total. The van der Waals surface area contributed by atoms with Crippen molar-refractivity contribution in [1.82, 2.24) is 10.2 Å². The van der Waals surface area contributed by atoms with Gasteiger partial charge in [0.15, 0.2) is 0 Å². The van der Waals surface area contributed by atoms with E-state index in [1.165, 1.54) is 38.8 Å². The van der Waals surface area contributed by atoms with Gasteiger partial charge in [0.25, 0.3) is 0 Å². The van der Waals surface area contributed by atoms with Crippen LogP contribution in [0, 0.1) is 5.41 Å². The predicted molar refractivity (Wildman–Crippen MR) is 75.9 cm³/mol. The van der Waals surface area contributed by atoms with Gasteiger partial charge >= 0.3 is 0 Å². The Labute approximate surface area is 112 Å². The van der Waals surface area contributed by atoms with Gasteiger partial charge in [-0.05, 0) is 44.9 Å². The average molecular weight is 254 g/mol. The summed E-state index contributed by atoms with van der Waals surface area (Å²) in [5, 5.41) is 3.67. The molecule has 0 spiro atoms. The van der Waals surface area contributed by atoms with Gasteiger partial charge in [-0.2, -0.15) is 0 Å². The molecule has 1 unspecified atom stereocenters. The molecule has 1 aliphatic heterocycles. The number of methoxy groups -OCH3 is 1. The van der Waals surface area contributed by atoms with Crippen LogP contribution in [0.4, 0.5) is 0 Å². The molecule has 18 heavy (non-hydrogen) atoms. The summed E-state index contributed by atoms with van der Waals surface area (Å²) in [4.78, 5) is 2.74. The summed E-state index contributed by atoms with van der Waals surface area (Å²) in [7, 11) is 1.82. The van der Waals surface area contributed by atoms with Crippen LogP contribution >= 0.6 is 0 Å². The molecule has 1 saturated carbocycles. The number of nitrogens with zero attached hydrogens (tertiary/aromatic N) is 1. The molecular formula is C15H30N2O. The molecule has 0 amide bonds. The van der Waals surface area contributed by atoms with Gasteiger partial charge in [0.2, 0.25) is 0 Å². The summed E-state index contributed by atoms with van der Waals surface area (Å²) in [6.07, 6.45) is 5.29. The smallest absolute Gasteiger partial charge is 0.0468 e. The Morgan fingerprint density at radius 1 is 1.33 bits per heavy atom. The van der Waals surface area contributed by atoms with Crippen LogP contribution in [-0.2, 0) is 4.74 Å². The van der Waals surface area contributed by atoms with Crippen molar-refractivity contribution in [2.24, 2.45) is 5.41 Å². The van der Waals surface area contributed by atoms with Crippen LogP contribution in [0.2, 0.25) is 0 Å². The highest BCUT2D eigenvalue weighted by Crippen LogP contribution is 2.49. The number of ether oxygens (including phenoxy) is 1. The van der Waals surface area contributed by atoms with Crippen LogP contribution in [0.1, 0.15) is 46.5 Å². The van der Waals surface area contributed by atoms with Crippen LogP contribution in [0.15, 0.2) is 0 Å². The molecule has 106 valence electrons. The molecule has 1 aliphatic carbocycles. The third-order valence-corrected chi connectivity index (χ3v) is 4.73. The number of piperazine rings is 1. The van der Waals surface area contributed by atoms with Crippen molar-refractivity contribution >= 4 is 0 Å². The Kier molecular flexibility index (Phi) is 4.35. The number of rotatable bonds is 6. The Bertz CT molecular complexity index is 274. The maximum atomic E-state index is 5.27. The number of hydrogen-bond acceptors (Lipinski definition) is 3. The normalized spacial score (nSPS) is 30.3. The summed E-state index contributed by atoms with van der Waals surface area (Å²) in [6, 6.07) is 0.720. The topological polar surface area (TPSA) is 24.5 Å². The SMILES string of the molecule is CCC1CNC(C)(C)CN1CC1(CCOC)CC1. The third kappa shape index (κ3) is 3.46. The van der Waals surface area contributed by atoms with E-state index in [4.69, 9.17) is 4.74 Å². The Balaban J connectivity index is 1.92. The lowest BCUT2D eigenvalue weighted by Crippen LogP contribution is -2.62. The van der Waals surface area contributed by atoms with E-state index in [1.807, 2.05) is 7.11 Å². The zero-order valence-corrected chi connectivity index (χ0v) is 12.6. The fraction of sp³-hybridized carbons (Fsp3) is 1.00. The summed E-state index contributed by atoms with van der Waals surface area (Å²) < 4.78 is 5.27. The molecule has 1 atom stereocenters. The minimum absolute atomic E-state index is 0.267. The van der Waals surface area contributed by atoms with Crippen molar-refractivity contribution in [3.63, 3.8) is 0 Å². The monoisotopic (exact) mass is 254 g/mol. The molecule has 0 radical (unpaired) electrons. The second-order valence-corrected chi connectivity index (χ2v) is 6.97. The van der Waals surface area contributed by atoms with E-state index in [0.717, 1.165) is 19.2 Å². The largest absolute Gasteiger partial charge is 0.385 e. The van der Waals surface area contributed by atoms with Crippen LogP contribution in [-0.4, -0.2) is 49.8 Å². The van der Waals surface area contributed by atoms with Gasteiger partial charge in [-0.25, -0.2) is 0 Å². The van der Waals surface area contributed by atoms with Crippen molar-refractivity contribution in [2.45, 2.75) is 58.0 Å². The standard InChI is InChI=1S/C15H30N2O/c1-5-13-10-16-14(2,3)11-17(13)12-15(6-7-15)8-9-18-4/h13,16H,5-12H2,1-4H3. The van der Waals surface area contributed by atoms with Crippen molar-refractivity contribution in [2.75, 3.05) is 33.4 Å². The molecule has 3 nitrogen and oxygen atoms in total. The van der Waals surface area contributed by atoms with E-state index in [2.05, 4.69) is 31.0 Å². The quantitative estimate of drug-likeness (QED) is 0.787. The first-order valence-corrected chi connectivity index (χ1v) is 7.48. The Morgan fingerprint density at radius 3 is 2.61 bits per heavy atom. The van der Waals surface area contributed by atoms with E-state index in [0.29, 0.717) is 5.41 Å². The van der Waals surface area contributed by atoms with E-state index < -0.39 is 0 Å². The summed E-state index contributed by atoms with van der Waals surface area (Å²) in [5.41, 5.74) is 0.847. The minimum atomic E-state index is 0.267. The molecule has 1 heterocycles. The van der Waals surface area contributed by atoms with Crippen molar-refractivity contribution in [3.8, 4) is 0 Å². The second kappa shape index (κ2) is 5.48. The molecule has 0 bridgehead atoms. The summed E-state index contributed by atoms with van der Waals surface area (Å²) in [5.74, 6) is 0. The maximum absolute atomic E-state index is 5.27. The van der Waals surface area contributed by atoms with Crippen LogP contribution in [0.5, 0.6) is 0 Å². The molecule has 3 heteroatoms. The predicted octanol–water partition coefficient (Wildman–Crippen LogP) is 2.27. The highest BCUT2D eigenvalue weighted by molar-refractivity contribution is 5.00. The molecule has 0 aromatic heterocycles. The lowest BCUT2D eigenvalue weighted by Gasteiger charge is -2.46. The van der Waals surface area contributed by atoms with Gasteiger partial charge in [-0.3, -0.25) is 4.90 Å². The average Bonchev–Trinajstić information content (AvgIpc) is 3.06. The van der Waals surface area contributed by atoms with E-state index in [-0.39, 0.29) is 5.54 Å². The summed E-state index contributed by atoms with van der Waals surface area (Å²) in [6.45, 7) is 11.5. The Hall–Kier alpha value is -0.120. The van der Waals surface area contributed by atoms with Gasteiger partial charge in [-0.1, -0.05) is 6.92 Å². The van der Waals surface area contributed by atoms with Gasteiger partial charge < -0.3 is 10.1 Å². The zero-order chi connectivity index (χ0) is 13.2. The summed E-state index contributed by atoms with van der Waals surface area (Å²) >= 11 is 0. The van der Waals surface area contributed by atoms with Gasteiger partial charge in [0, 0.05) is 44.9 Å². The van der Waals surface area contributed by atoms with Crippen molar-refractivity contribution in [3.05, 3.63) is 0 Å². The second-order valence-electron chi connectivity index (χ2n) is 6.97. The number of hydrogen-bond donors (Lipinski definition) is 1. The first kappa shape index (κ1) is 14.3. The lowest BCUT2D eigenvalue weighted by molar-refractivity contribution is 0.0629. The highest BCUT2D eigenvalue weighted by atomic mass is 16.5. The number of nitrogens with one attached hydrogen (secondary N) is 1. The molecule has 2 rings (SSSR count). The van der Waals surface area contributed by atoms with E-state index >= 15 is 0 Å². The lowest BCUT2D eigenvalue weighted by atomic mass is 9.94. The fourth-order valence-electron chi connectivity index (χ4n) is 3.22. The fourth-order valence-corrected chi connectivity index (χ4v) is 3.22. The highest BCUT2D eigenvalue weighted by Gasteiger charge is 2.45. The Morgan fingerprint density at radius 2 is 2.06 bits per heavy atom. The van der Waals surface area contributed by atoms with Crippen LogP contribution < -0.4 is 5.32 Å². The van der Waals surface area contributed by atoms with E-state index in [9.17, 15) is 0 Å². The van der Waals surface area contributed by atoms with E-state index in [1.54, 1.807) is 0 Å². The van der Waals surface area contributed by atoms with Crippen LogP contribution in [0.3, 0.4) is 0 Å². The van der Waals surface area contributed by atoms with Gasteiger partial charge in [0.05, 0.1) is 0 Å². The zero-order valence-electron chi connectivity index (χ0n) is 12.6. The molecule has 0 aromatic rings. The molecule has 1 saturated heterocycles. The first-order valence-electron chi connectivity index (χ1n) is 7.48. The molecule has 2 aliphatic rings. The van der Waals surface area contributed by atoms with Crippen LogP contribution in [0.25, 0.3) is 0 Å². The molecular weight excluding hydrogens is 224 g/mol. The van der Waals surface area contributed by atoms with Gasteiger partial charge in [0.1, 0.15) is 0 Å². The molecule has 2 fully saturated rings. The first-order chi connectivity index (χ1) is 8.50. The van der Waals surface area contributed by atoms with Crippen molar-refractivity contribution < 1.29 is 4.74 Å².